The summed E-state index contributed by atoms with van der Waals surface area (Å²) in [4.78, 5) is 56.7. The Morgan fingerprint density at radius 2 is 1.05 bits per heavy atom. The van der Waals surface area contributed by atoms with E-state index in [4.69, 9.17) is 8.83 Å². The maximum atomic E-state index is 13.8. The van der Waals surface area contributed by atoms with Gasteiger partial charge in [0.15, 0.2) is 22.8 Å². The van der Waals surface area contributed by atoms with Crippen molar-refractivity contribution in [2.75, 3.05) is 9.80 Å². The number of hydrogen-bond donors (Lipinski definition) is 0. The van der Waals surface area contributed by atoms with Gasteiger partial charge in [0.25, 0.3) is 11.8 Å². The first-order valence-corrected chi connectivity index (χ1v) is 15.0. The van der Waals surface area contributed by atoms with Crippen molar-refractivity contribution in [1.29, 1.82) is 0 Å². The van der Waals surface area contributed by atoms with Crippen molar-refractivity contribution in [2.45, 2.75) is 62.7 Å². The van der Waals surface area contributed by atoms with Gasteiger partial charge in [-0.1, -0.05) is 12.1 Å². The van der Waals surface area contributed by atoms with Crippen molar-refractivity contribution in [2.24, 2.45) is 11.8 Å². The smallest absolute Gasteiger partial charge is 0.332 e. The molecule has 4 bridgehead atoms. The number of para-hydroxylation sites is 2. The summed E-state index contributed by atoms with van der Waals surface area (Å²) in [6.45, 7) is 0. The summed E-state index contributed by atoms with van der Waals surface area (Å²) in [5, 5.41) is 0.908. The van der Waals surface area contributed by atoms with Gasteiger partial charge < -0.3 is 18.6 Å². The van der Waals surface area contributed by atoms with Crippen LogP contribution in [0, 0.1) is 23.5 Å². The number of urea groups is 2. The summed E-state index contributed by atoms with van der Waals surface area (Å²) >= 11 is 0. The van der Waals surface area contributed by atoms with Gasteiger partial charge in [-0.25, -0.2) is 28.2 Å². The molecule has 10 rings (SSSR count). The Kier molecular flexibility index (Phi) is 5.20. The predicted molar refractivity (Wildman–Crippen MR) is 152 cm³/mol. The molecule has 2 aliphatic carbocycles. The molecule has 6 atom stereocenters. The zero-order valence-corrected chi connectivity index (χ0v) is 23.3. The molecule has 4 unspecified atom stereocenters. The number of amides is 6. The molecule has 0 spiro atoms. The van der Waals surface area contributed by atoms with Crippen LogP contribution in [0.2, 0.25) is 0 Å². The van der Waals surface area contributed by atoms with Gasteiger partial charge in [0.2, 0.25) is 0 Å². The van der Waals surface area contributed by atoms with Gasteiger partial charge in [-0.05, 0) is 74.6 Å². The minimum Gasteiger partial charge on any atom is -0.459 e. The molecule has 2 aromatic carbocycles. The van der Waals surface area contributed by atoms with Crippen LogP contribution in [-0.2, 0) is 9.59 Å². The molecule has 4 aliphatic heterocycles. The summed E-state index contributed by atoms with van der Waals surface area (Å²) < 4.78 is 38.0. The number of furan rings is 2. The molecule has 6 aliphatic rings. The molecule has 4 saturated heterocycles. The van der Waals surface area contributed by atoms with Crippen LogP contribution in [0.5, 0.6) is 0 Å². The van der Waals surface area contributed by atoms with Crippen LogP contribution < -0.4 is 9.80 Å². The molecular formula is C32H26F2N4O6. The van der Waals surface area contributed by atoms with Gasteiger partial charge in [0.05, 0.1) is 11.4 Å². The van der Waals surface area contributed by atoms with E-state index in [0.29, 0.717) is 22.1 Å². The Morgan fingerprint density at radius 3 is 1.45 bits per heavy atom. The average Bonchev–Trinajstić information content (AvgIpc) is 3.86. The van der Waals surface area contributed by atoms with E-state index in [2.05, 4.69) is 0 Å². The zero-order valence-electron chi connectivity index (χ0n) is 23.3. The third-order valence-corrected chi connectivity index (χ3v) is 10.5. The second kappa shape index (κ2) is 8.90. The predicted octanol–water partition coefficient (Wildman–Crippen LogP) is 5.78. The molecule has 6 amide bonds. The summed E-state index contributed by atoms with van der Waals surface area (Å²) in [7, 11) is 0. The van der Waals surface area contributed by atoms with Crippen LogP contribution in [-0.4, -0.2) is 57.8 Å². The van der Waals surface area contributed by atoms with E-state index >= 15 is 0 Å². The Hall–Kier alpha value is -4.74. The average molecular weight is 601 g/mol. The minimum atomic E-state index is -0.497. The lowest BCUT2D eigenvalue weighted by atomic mass is 9.99. The highest BCUT2D eigenvalue weighted by Crippen LogP contribution is 2.49. The highest BCUT2D eigenvalue weighted by molar-refractivity contribution is 6.25. The second-order valence-corrected chi connectivity index (χ2v) is 12.5. The van der Waals surface area contributed by atoms with Gasteiger partial charge in [0.1, 0.15) is 24.6 Å². The number of imide groups is 2. The molecule has 12 heteroatoms. The monoisotopic (exact) mass is 600 g/mol. The van der Waals surface area contributed by atoms with Crippen molar-refractivity contribution in [3.8, 4) is 0 Å². The van der Waals surface area contributed by atoms with Crippen LogP contribution >= 0.6 is 0 Å². The summed E-state index contributed by atoms with van der Waals surface area (Å²) in [5.41, 5.74) is 0.845. The molecule has 6 heterocycles. The van der Waals surface area contributed by atoms with Crippen LogP contribution in [0.4, 0.5) is 29.7 Å². The standard InChI is InChI=1S/2C16H13FN2O3/c2*17-11-3-1-2-10-12(7-22-14(10)11)19-15(20)13-8-4-5-9(6-8)18(13)16(19)21/h2*1-3,7-9,13H,4-6H2/t2*8?,9?,13-/m11/s1. The number of fused-ring (bicyclic) bond motifs is 12. The maximum Gasteiger partial charge on any atom is 0.332 e. The lowest BCUT2D eigenvalue weighted by Gasteiger charge is -2.25. The van der Waals surface area contributed by atoms with Gasteiger partial charge in [-0.15, -0.1) is 0 Å². The molecule has 0 radical (unpaired) electrons. The SMILES string of the molecule is O=C1[C@H]2C3CCC(C3)N2C(=O)N1c1coc2c(F)cccc12.O=C1[C@H]2C3CCC(C3)N2C(=O)N1c1coc2c(F)cccc12. The molecule has 44 heavy (non-hydrogen) atoms. The molecule has 6 fully saturated rings. The summed E-state index contributed by atoms with van der Waals surface area (Å²) in [6, 6.07) is 8.07. The van der Waals surface area contributed by atoms with Crippen molar-refractivity contribution in [1.82, 2.24) is 9.80 Å². The van der Waals surface area contributed by atoms with Gasteiger partial charge >= 0.3 is 12.1 Å². The van der Waals surface area contributed by atoms with Crippen LogP contribution in [0.15, 0.2) is 57.8 Å². The number of rotatable bonds is 2. The van der Waals surface area contributed by atoms with E-state index in [0.717, 1.165) is 38.5 Å². The van der Waals surface area contributed by atoms with Crippen LogP contribution in [0.3, 0.4) is 0 Å². The largest absolute Gasteiger partial charge is 0.459 e. The summed E-state index contributed by atoms with van der Waals surface area (Å²) in [6.07, 6.45) is 8.39. The number of nitrogens with zero attached hydrogens (tertiary/aromatic N) is 4. The van der Waals surface area contributed by atoms with Crippen molar-refractivity contribution < 1.29 is 36.8 Å². The highest BCUT2D eigenvalue weighted by Gasteiger charge is 2.60. The molecule has 4 aromatic rings. The first-order valence-electron chi connectivity index (χ1n) is 15.0. The topological polar surface area (TPSA) is 108 Å². The summed E-state index contributed by atoms with van der Waals surface area (Å²) in [5.74, 6) is -0.872. The number of piperidine rings is 2. The maximum absolute atomic E-state index is 13.8. The number of halogens is 2. The van der Waals surface area contributed by atoms with E-state index < -0.39 is 11.6 Å². The Morgan fingerprint density at radius 1 is 0.614 bits per heavy atom. The fraction of sp³-hybridized carbons (Fsp3) is 0.375. The lowest BCUT2D eigenvalue weighted by Crippen LogP contribution is -2.40. The second-order valence-electron chi connectivity index (χ2n) is 12.5. The van der Waals surface area contributed by atoms with Crippen molar-refractivity contribution in [3.63, 3.8) is 0 Å². The van der Waals surface area contributed by atoms with E-state index in [1.54, 1.807) is 34.1 Å². The molecular weight excluding hydrogens is 574 g/mol. The minimum absolute atomic E-state index is 0.0770. The number of carbonyl (C=O) groups excluding carboxylic acids is 4. The van der Waals surface area contributed by atoms with Gasteiger partial charge in [-0.3, -0.25) is 9.59 Å². The lowest BCUT2D eigenvalue weighted by molar-refractivity contribution is -0.121. The molecule has 2 saturated carbocycles. The number of hydrogen-bond acceptors (Lipinski definition) is 6. The third-order valence-electron chi connectivity index (χ3n) is 10.5. The normalized spacial score (nSPS) is 30.0. The van der Waals surface area contributed by atoms with Gasteiger partial charge in [0, 0.05) is 22.9 Å². The number of carbonyl (C=O) groups is 4. The highest BCUT2D eigenvalue weighted by atomic mass is 19.1. The first-order chi connectivity index (χ1) is 21.3. The third kappa shape index (κ3) is 3.22. The molecule has 224 valence electrons. The van der Waals surface area contributed by atoms with E-state index in [1.807, 2.05) is 0 Å². The van der Waals surface area contributed by atoms with E-state index in [-0.39, 0.29) is 71.0 Å². The fourth-order valence-corrected chi connectivity index (χ4v) is 8.65. The number of anilines is 2. The van der Waals surface area contributed by atoms with E-state index in [9.17, 15) is 28.0 Å². The fourth-order valence-electron chi connectivity index (χ4n) is 8.65. The Bertz CT molecular complexity index is 1740. The zero-order chi connectivity index (χ0) is 30.0. The molecule has 10 nitrogen and oxygen atoms in total. The van der Waals surface area contributed by atoms with Crippen LogP contribution in [0.1, 0.15) is 38.5 Å². The van der Waals surface area contributed by atoms with E-state index in [1.165, 1.54) is 34.5 Å². The Balaban J connectivity index is 0.000000123. The molecule has 2 aromatic heterocycles. The Labute approximate surface area is 248 Å². The van der Waals surface area contributed by atoms with Crippen molar-refractivity contribution >= 4 is 57.2 Å². The van der Waals surface area contributed by atoms with Crippen LogP contribution in [0.25, 0.3) is 21.9 Å². The quantitative estimate of drug-likeness (QED) is 0.270. The molecule has 0 N–H and O–H groups in total. The number of benzene rings is 2. The van der Waals surface area contributed by atoms with Crippen molar-refractivity contribution in [3.05, 3.63) is 60.6 Å². The van der Waals surface area contributed by atoms with Gasteiger partial charge in [-0.2, -0.15) is 0 Å². The first kappa shape index (κ1) is 25.7.